The molecule has 0 saturated heterocycles. The van der Waals surface area contributed by atoms with Crippen molar-refractivity contribution in [3.63, 3.8) is 0 Å². The van der Waals surface area contributed by atoms with Crippen LogP contribution < -0.4 is 36.1 Å². The highest BCUT2D eigenvalue weighted by molar-refractivity contribution is 7.97. The Labute approximate surface area is 432 Å². The standard InChI is InChI=1S/C30H39O3S.C28H16BF12/c1-28(2,3)31-22-10-16-25(17-11-22)34(26-18-12-23(13-19-26)32-29(4,5)6)27-20-14-24(15-21-27)33-30(7,8)9;30-25(31,32)17-1-9-21(10-2-17)29(22-11-3-18(4-12-22)26(33,34)35,23-13-5-19(6-14-23)27(36,37)38)24-15-7-20(8-16-24)28(39,40)41/h10-21H,1-9H3;1-16H/q+1;-1. The molecule has 398 valence electrons. The molecule has 0 fully saturated rings. The zero-order chi connectivity index (χ0) is 55.6. The van der Waals surface area contributed by atoms with Gasteiger partial charge in [0.2, 0.25) is 0 Å². The van der Waals surface area contributed by atoms with Crippen LogP contribution in [0.4, 0.5) is 52.7 Å². The predicted octanol–water partition coefficient (Wildman–Crippen LogP) is 15.5. The van der Waals surface area contributed by atoms with Crippen LogP contribution in [-0.2, 0) is 35.6 Å². The van der Waals surface area contributed by atoms with Gasteiger partial charge in [0.1, 0.15) is 40.2 Å². The Morgan fingerprint density at radius 3 is 0.587 bits per heavy atom. The molecule has 7 aromatic carbocycles. The number of rotatable bonds is 10. The van der Waals surface area contributed by atoms with Crippen molar-refractivity contribution < 1.29 is 66.9 Å². The van der Waals surface area contributed by atoms with Gasteiger partial charge in [0.25, 0.3) is 0 Å². The molecule has 0 bridgehead atoms. The second kappa shape index (κ2) is 21.6. The van der Waals surface area contributed by atoms with Crippen LogP contribution in [0.15, 0.2) is 185 Å². The zero-order valence-electron chi connectivity index (χ0n) is 42.4. The maximum absolute atomic E-state index is 13.3. The molecule has 0 unspecified atom stereocenters. The molecule has 0 aliphatic carbocycles. The Morgan fingerprint density at radius 2 is 0.440 bits per heavy atom. The van der Waals surface area contributed by atoms with Gasteiger partial charge >= 0.3 is 24.7 Å². The Kier molecular flexibility index (Phi) is 16.7. The average molecular weight is 1070 g/mol. The van der Waals surface area contributed by atoms with E-state index in [0.717, 1.165) is 65.8 Å². The third-order valence-corrected chi connectivity index (χ3v) is 13.6. The fourth-order valence-electron chi connectivity index (χ4n) is 8.40. The third-order valence-electron chi connectivity index (χ3n) is 11.4. The van der Waals surface area contributed by atoms with Gasteiger partial charge in [0.15, 0.2) is 14.7 Å². The molecule has 0 spiro atoms. The quantitative estimate of drug-likeness (QED) is 0.0776. The summed E-state index contributed by atoms with van der Waals surface area (Å²) in [6.07, 6.45) is -22.0. The highest BCUT2D eigenvalue weighted by Crippen LogP contribution is 2.37. The van der Waals surface area contributed by atoms with Crippen LogP contribution in [0.25, 0.3) is 0 Å². The van der Waals surface area contributed by atoms with E-state index >= 15 is 0 Å². The summed E-state index contributed by atoms with van der Waals surface area (Å²) in [5, 5.41) is 0. The van der Waals surface area contributed by atoms with E-state index in [9.17, 15) is 52.7 Å². The Hall–Kier alpha value is -6.49. The van der Waals surface area contributed by atoms with Crippen LogP contribution in [0.2, 0.25) is 0 Å². The fraction of sp³-hybridized carbons (Fsp3) is 0.276. The summed E-state index contributed by atoms with van der Waals surface area (Å²) in [4.78, 5) is 3.70. The highest BCUT2D eigenvalue weighted by Gasteiger charge is 2.39. The summed E-state index contributed by atoms with van der Waals surface area (Å²) in [5.74, 6) is 2.63. The van der Waals surface area contributed by atoms with Gasteiger partial charge in [-0.15, -0.1) is 0 Å². The largest absolute Gasteiger partial charge is 0.488 e. The summed E-state index contributed by atoms with van der Waals surface area (Å²) < 4.78 is 178. The lowest BCUT2D eigenvalue weighted by atomic mass is 9.13. The van der Waals surface area contributed by atoms with E-state index in [-0.39, 0.29) is 49.5 Å². The lowest BCUT2D eigenvalue weighted by molar-refractivity contribution is -0.138. The smallest absolute Gasteiger partial charge is 0.416 e. The number of alkyl halides is 12. The van der Waals surface area contributed by atoms with Crippen molar-refractivity contribution in [1.29, 1.82) is 0 Å². The monoisotopic (exact) mass is 1070 g/mol. The van der Waals surface area contributed by atoms with E-state index in [2.05, 4.69) is 135 Å². The first kappa shape index (κ1) is 57.8. The van der Waals surface area contributed by atoms with Gasteiger partial charge in [-0.25, -0.2) is 0 Å². The molecule has 75 heavy (non-hydrogen) atoms. The Bertz CT molecular complexity index is 2570. The topological polar surface area (TPSA) is 27.7 Å². The van der Waals surface area contributed by atoms with Gasteiger partial charge in [-0.3, -0.25) is 0 Å². The summed E-state index contributed by atoms with van der Waals surface area (Å²) in [7, 11) is -0.276. The molecule has 0 N–H and O–H groups in total. The second-order valence-corrected chi connectivity index (χ2v) is 22.7. The normalized spacial score (nSPS) is 13.0. The lowest BCUT2D eigenvalue weighted by Crippen LogP contribution is -2.74. The van der Waals surface area contributed by atoms with Gasteiger partial charge in [-0.2, -0.15) is 74.5 Å². The molecule has 0 aliphatic rings. The minimum Gasteiger partial charge on any atom is -0.488 e. The minimum absolute atomic E-state index is 0.0114. The summed E-state index contributed by atoms with van der Waals surface area (Å²) in [6, 6.07) is 39.0. The van der Waals surface area contributed by atoms with Crippen molar-refractivity contribution in [2.24, 2.45) is 0 Å². The number of hydrogen-bond acceptors (Lipinski definition) is 3. The van der Waals surface area contributed by atoms with Gasteiger partial charge in [-0.1, -0.05) is 97.1 Å². The van der Waals surface area contributed by atoms with Crippen molar-refractivity contribution in [2.75, 3.05) is 0 Å². The fourth-order valence-corrected chi connectivity index (χ4v) is 10.4. The van der Waals surface area contributed by atoms with Crippen LogP contribution in [0.5, 0.6) is 17.2 Å². The lowest BCUT2D eigenvalue weighted by Gasteiger charge is -2.44. The van der Waals surface area contributed by atoms with Crippen LogP contribution in [-0.4, -0.2) is 22.9 Å². The summed E-state index contributed by atoms with van der Waals surface area (Å²) in [6.45, 7) is 18.6. The van der Waals surface area contributed by atoms with Crippen molar-refractivity contribution in [3.8, 4) is 17.2 Å². The molecule has 7 aromatic rings. The van der Waals surface area contributed by atoms with Crippen molar-refractivity contribution in [3.05, 3.63) is 192 Å². The SMILES string of the molecule is CC(C)(C)Oc1ccc([S+](c2ccc(OC(C)(C)C)cc2)c2ccc(OC(C)(C)C)cc2)cc1.FC(F)(F)c1ccc([B-](c2ccc(C(F)(F)F)cc2)(c2ccc(C(F)(F)F)cc2)c2ccc(C(F)(F)F)cc2)cc1. The molecular weight excluding hydrogens is 1020 g/mol. The second-order valence-electron chi connectivity index (χ2n) is 20.7. The third kappa shape index (κ3) is 15.1. The van der Waals surface area contributed by atoms with E-state index in [4.69, 9.17) is 14.2 Å². The van der Waals surface area contributed by atoms with Crippen LogP contribution >= 0.6 is 0 Å². The van der Waals surface area contributed by atoms with E-state index in [0.29, 0.717) is 48.5 Å². The predicted molar refractivity (Wildman–Crippen MR) is 273 cm³/mol. The summed E-state index contributed by atoms with van der Waals surface area (Å²) in [5.41, 5.74) is -4.98. The minimum atomic E-state index is -4.77. The number of hydrogen-bond donors (Lipinski definition) is 0. The van der Waals surface area contributed by atoms with Gasteiger partial charge in [0.05, 0.1) is 33.1 Å². The van der Waals surface area contributed by atoms with E-state index in [1.807, 2.05) is 0 Å². The highest BCUT2D eigenvalue weighted by atomic mass is 32.2. The molecule has 3 nitrogen and oxygen atoms in total. The van der Waals surface area contributed by atoms with Crippen molar-refractivity contribution in [1.82, 2.24) is 0 Å². The first-order valence-corrected chi connectivity index (χ1v) is 24.7. The molecule has 0 aromatic heterocycles. The van der Waals surface area contributed by atoms with E-state index in [1.54, 1.807) is 0 Å². The number of halogens is 12. The molecule has 0 aliphatic heterocycles. The van der Waals surface area contributed by atoms with Gasteiger partial charge in [-0.05, 0) is 135 Å². The molecule has 7 rings (SSSR count). The maximum atomic E-state index is 13.3. The Morgan fingerprint density at radius 1 is 0.267 bits per heavy atom. The maximum Gasteiger partial charge on any atom is 0.416 e. The summed E-state index contributed by atoms with van der Waals surface area (Å²) >= 11 is 0. The van der Waals surface area contributed by atoms with E-state index in [1.165, 1.54) is 14.7 Å². The molecule has 0 atom stereocenters. The van der Waals surface area contributed by atoms with Crippen LogP contribution in [0, 0.1) is 0 Å². The number of ether oxygens (including phenoxy) is 3. The first-order chi connectivity index (χ1) is 34.5. The van der Waals surface area contributed by atoms with Crippen molar-refractivity contribution >= 4 is 38.9 Å². The molecule has 17 heteroatoms. The Balaban J connectivity index is 0.000000248. The van der Waals surface area contributed by atoms with Gasteiger partial charge < -0.3 is 14.2 Å². The molecule has 0 heterocycles. The molecule has 0 saturated carbocycles. The van der Waals surface area contributed by atoms with Crippen molar-refractivity contribution in [2.45, 2.75) is 119 Å². The van der Waals surface area contributed by atoms with Crippen LogP contribution in [0.3, 0.4) is 0 Å². The molecule has 0 radical (unpaired) electrons. The zero-order valence-corrected chi connectivity index (χ0v) is 43.2. The number of benzene rings is 7. The van der Waals surface area contributed by atoms with Gasteiger partial charge in [0, 0.05) is 0 Å². The average Bonchev–Trinajstić information content (AvgIpc) is 3.29. The molecule has 0 amide bonds. The molecular formula is C58H55BF12O3S. The van der Waals surface area contributed by atoms with E-state index < -0.39 is 53.1 Å². The van der Waals surface area contributed by atoms with Crippen LogP contribution in [0.1, 0.15) is 84.6 Å². The first-order valence-electron chi connectivity index (χ1n) is 23.5.